The van der Waals surface area contributed by atoms with Gasteiger partial charge in [0.05, 0.1) is 12.2 Å². The molecule has 5 atom stereocenters. The van der Waals surface area contributed by atoms with Gasteiger partial charge in [0, 0.05) is 29.7 Å². The van der Waals surface area contributed by atoms with E-state index in [9.17, 15) is 45.6 Å². The minimum absolute atomic E-state index is 0.0430. The number of benzene rings is 2. The van der Waals surface area contributed by atoms with Crippen molar-refractivity contribution in [3.05, 3.63) is 40.1 Å². The summed E-state index contributed by atoms with van der Waals surface area (Å²) in [5, 5.41) is 79.7. The van der Waals surface area contributed by atoms with Crippen LogP contribution in [0.15, 0.2) is 33.5 Å². The molecule has 2 heterocycles. The monoisotopic (exact) mass is 462 g/mol. The molecule has 11 nitrogen and oxygen atoms in total. The first-order chi connectivity index (χ1) is 15.5. The number of aliphatic hydroxyl groups is 3. The molecule has 3 aromatic rings. The van der Waals surface area contributed by atoms with Gasteiger partial charge in [0.15, 0.2) is 22.7 Å². The van der Waals surface area contributed by atoms with Crippen molar-refractivity contribution in [1.82, 2.24) is 0 Å². The van der Waals surface area contributed by atoms with Gasteiger partial charge in [-0.15, -0.1) is 0 Å². The van der Waals surface area contributed by atoms with E-state index in [0.29, 0.717) is 0 Å². The number of hydrogen-bond acceptors (Lipinski definition) is 11. The summed E-state index contributed by atoms with van der Waals surface area (Å²) in [6.45, 7) is 1.47. The molecule has 33 heavy (non-hydrogen) atoms. The van der Waals surface area contributed by atoms with Crippen molar-refractivity contribution in [2.45, 2.75) is 43.9 Å². The van der Waals surface area contributed by atoms with Crippen molar-refractivity contribution in [1.29, 1.82) is 0 Å². The first-order valence-electron chi connectivity index (χ1n) is 9.96. The fourth-order valence-electron chi connectivity index (χ4n) is 3.98. The summed E-state index contributed by atoms with van der Waals surface area (Å²) in [6, 6.07) is 4.06. The van der Waals surface area contributed by atoms with Crippen LogP contribution in [0.1, 0.15) is 12.5 Å². The molecule has 8 N–H and O–H groups in total. The predicted octanol–water partition coefficient (Wildman–Crippen LogP) is 0.400. The molecule has 0 aliphatic carbocycles. The molecule has 1 fully saturated rings. The number of phenols is 5. The molecule has 1 aromatic heterocycles. The van der Waals surface area contributed by atoms with Crippen LogP contribution in [0.5, 0.6) is 28.7 Å². The van der Waals surface area contributed by atoms with Crippen LogP contribution in [0.2, 0.25) is 0 Å². The normalized spacial score (nSPS) is 25.4. The van der Waals surface area contributed by atoms with E-state index >= 15 is 0 Å². The number of phenolic OH excluding ortho intramolecular Hbond substituents is 5. The molecule has 11 heteroatoms. The van der Waals surface area contributed by atoms with E-state index in [2.05, 4.69) is 0 Å². The maximum Gasteiger partial charge on any atom is 0.200 e. The average Bonchev–Trinajstić information content (AvgIpc) is 2.74. The first-order valence-corrected chi connectivity index (χ1v) is 9.96. The van der Waals surface area contributed by atoms with E-state index in [4.69, 9.17) is 9.15 Å². The minimum Gasteiger partial charge on any atom is -0.508 e. The second-order valence-electron chi connectivity index (χ2n) is 8.00. The van der Waals surface area contributed by atoms with Crippen molar-refractivity contribution in [2.24, 2.45) is 0 Å². The van der Waals surface area contributed by atoms with Crippen LogP contribution in [0, 0.1) is 0 Å². The lowest BCUT2D eigenvalue weighted by molar-refractivity contribution is -0.216. The van der Waals surface area contributed by atoms with E-state index in [1.54, 1.807) is 0 Å². The highest BCUT2D eigenvalue weighted by atomic mass is 16.5. The van der Waals surface area contributed by atoms with Gasteiger partial charge in [-0.05, 0) is 19.1 Å². The Balaban J connectivity index is 1.95. The lowest BCUT2D eigenvalue weighted by atomic mass is 9.90. The summed E-state index contributed by atoms with van der Waals surface area (Å²) in [7, 11) is 0. The Kier molecular flexibility index (Phi) is 5.58. The Hall–Kier alpha value is -3.51. The van der Waals surface area contributed by atoms with Crippen LogP contribution in [0.25, 0.3) is 22.3 Å². The maximum atomic E-state index is 13.4. The number of hydrogen-bond donors (Lipinski definition) is 8. The third-order valence-electron chi connectivity index (χ3n) is 5.74. The Morgan fingerprint density at radius 3 is 2.12 bits per heavy atom. The van der Waals surface area contributed by atoms with Crippen LogP contribution in [0.4, 0.5) is 0 Å². The SMILES string of the molecule is C[C@H]1OC(Cc2c(-c3cc(O)c(O)c(O)c3)oc3cc(O)cc(O)c3c2=O)[C@@H](O)[C@@H](O)[C@@H]1O. The average molecular weight is 462 g/mol. The molecule has 176 valence electrons. The maximum absolute atomic E-state index is 13.4. The van der Waals surface area contributed by atoms with Gasteiger partial charge in [0.1, 0.15) is 46.5 Å². The van der Waals surface area contributed by atoms with Crippen molar-refractivity contribution >= 4 is 11.0 Å². The molecular weight excluding hydrogens is 440 g/mol. The number of aromatic hydroxyl groups is 5. The van der Waals surface area contributed by atoms with Crippen LogP contribution >= 0.6 is 0 Å². The topological polar surface area (TPSA) is 201 Å². The number of aliphatic hydroxyl groups excluding tert-OH is 3. The lowest BCUT2D eigenvalue weighted by Gasteiger charge is -2.39. The second-order valence-corrected chi connectivity index (χ2v) is 8.00. The van der Waals surface area contributed by atoms with E-state index in [1.165, 1.54) is 6.92 Å². The molecule has 0 bridgehead atoms. The molecule has 0 saturated carbocycles. The van der Waals surface area contributed by atoms with E-state index in [-0.39, 0.29) is 34.3 Å². The second kappa shape index (κ2) is 8.12. The van der Waals surface area contributed by atoms with E-state index in [0.717, 1.165) is 24.3 Å². The van der Waals surface area contributed by atoms with Crippen LogP contribution in [0.3, 0.4) is 0 Å². The molecule has 1 aliphatic rings. The highest BCUT2D eigenvalue weighted by Crippen LogP contribution is 2.41. The van der Waals surface area contributed by atoms with Gasteiger partial charge in [-0.1, -0.05) is 0 Å². The zero-order valence-corrected chi connectivity index (χ0v) is 17.2. The summed E-state index contributed by atoms with van der Waals surface area (Å²) in [6.07, 6.45) is -6.89. The first kappa shape index (κ1) is 22.7. The highest BCUT2D eigenvalue weighted by molar-refractivity contribution is 5.87. The van der Waals surface area contributed by atoms with Crippen LogP contribution in [-0.4, -0.2) is 71.4 Å². The van der Waals surface area contributed by atoms with E-state index < -0.39 is 64.7 Å². The van der Waals surface area contributed by atoms with Gasteiger partial charge >= 0.3 is 0 Å². The Bertz CT molecular complexity index is 1260. The Morgan fingerprint density at radius 2 is 1.48 bits per heavy atom. The minimum atomic E-state index is -1.57. The largest absolute Gasteiger partial charge is 0.508 e. The summed E-state index contributed by atoms with van der Waals surface area (Å²) in [4.78, 5) is 13.4. The summed E-state index contributed by atoms with van der Waals surface area (Å²) >= 11 is 0. The number of rotatable bonds is 3. The van der Waals surface area contributed by atoms with Gasteiger partial charge in [-0.2, -0.15) is 0 Å². The van der Waals surface area contributed by atoms with Crippen molar-refractivity contribution < 1.29 is 50.0 Å². The highest BCUT2D eigenvalue weighted by Gasteiger charge is 2.42. The summed E-state index contributed by atoms with van der Waals surface area (Å²) in [5.74, 6) is -3.40. The molecule has 1 aliphatic heterocycles. The van der Waals surface area contributed by atoms with Gasteiger partial charge in [0.2, 0.25) is 0 Å². The molecule has 1 saturated heterocycles. The van der Waals surface area contributed by atoms with Gasteiger partial charge < -0.3 is 50.0 Å². The third kappa shape index (κ3) is 3.80. The van der Waals surface area contributed by atoms with Crippen molar-refractivity contribution in [3.63, 3.8) is 0 Å². The zero-order valence-electron chi connectivity index (χ0n) is 17.2. The molecule has 0 spiro atoms. The van der Waals surface area contributed by atoms with Gasteiger partial charge in [-0.25, -0.2) is 0 Å². The van der Waals surface area contributed by atoms with E-state index in [1.807, 2.05) is 0 Å². The predicted molar refractivity (Wildman–Crippen MR) is 112 cm³/mol. The lowest BCUT2D eigenvalue weighted by Crippen LogP contribution is -2.57. The van der Waals surface area contributed by atoms with Crippen LogP contribution in [-0.2, 0) is 11.2 Å². The standard InChI is InChI=1S/C22H22O11/c1-7-17(27)21(31)20(30)15(32-7)6-10-18(28)16-11(24)4-9(23)5-14(16)33-22(10)8-2-12(25)19(29)13(26)3-8/h2-5,7,15,17,20-21,23-27,29-31H,6H2,1H3/t7-,15?,17-,20-,21+/m1/s1. The smallest absolute Gasteiger partial charge is 0.200 e. The molecule has 4 rings (SSSR count). The Morgan fingerprint density at radius 1 is 0.848 bits per heavy atom. The molecule has 0 amide bonds. The molecule has 1 unspecified atom stereocenters. The molecular formula is C22H22O11. The number of ether oxygens (including phenoxy) is 1. The summed E-state index contributed by atoms with van der Waals surface area (Å²) in [5.41, 5.74) is -1.18. The van der Waals surface area contributed by atoms with Gasteiger partial charge in [0.25, 0.3) is 0 Å². The quantitative estimate of drug-likeness (QED) is 0.250. The molecule has 0 radical (unpaired) electrons. The van der Waals surface area contributed by atoms with Crippen molar-refractivity contribution in [2.75, 3.05) is 0 Å². The Labute approximate surface area is 185 Å². The van der Waals surface area contributed by atoms with Crippen molar-refractivity contribution in [3.8, 4) is 40.1 Å². The number of fused-ring (bicyclic) bond motifs is 1. The fraction of sp³-hybridized carbons (Fsp3) is 0.318. The summed E-state index contributed by atoms with van der Waals surface area (Å²) < 4.78 is 11.3. The molecule has 2 aromatic carbocycles. The fourth-order valence-corrected chi connectivity index (χ4v) is 3.98. The zero-order chi connectivity index (χ0) is 24.2. The third-order valence-corrected chi connectivity index (χ3v) is 5.74. The van der Waals surface area contributed by atoms with Gasteiger partial charge in [-0.3, -0.25) is 4.79 Å². The van der Waals surface area contributed by atoms with Crippen LogP contribution < -0.4 is 5.43 Å².